The number of carbonyl (C=O) groups excluding carboxylic acids is 2. The van der Waals surface area contributed by atoms with E-state index in [4.69, 9.17) is 16.3 Å². The first-order chi connectivity index (χ1) is 10.6. The lowest BCUT2D eigenvalue weighted by atomic mass is 10.2. The summed E-state index contributed by atoms with van der Waals surface area (Å²) in [5.41, 5.74) is 3.04. The summed E-state index contributed by atoms with van der Waals surface area (Å²) in [6.45, 7) is 1.29. The fraction of sp³-hybridized carbons (Fsp3) is 0.0667. The molecule has 0 aliphatic heterocycles. The Morgan fingerprint density at radius 3 is 2.82 bits per heavy atom. The standard InChI is InChI=1S/C15H12ClN3O3/c1-10(20)22-14-6-5-12(16)8-11(14)9-18-19-15(21)13-4-2-3-7-17-13/h2-9H,1H3,(H,19,21). The molecule has 7 heteroatoms. The van der Waals surface area contributed by atoms with Gasteiger partial charge in [0.05, 0.1) is 6.21 Å². The lowest BCUT2D eigenvalue weighted by Crippen LogP contribution is -2.18. The van der Waals surface area contributed by atoms with E-state index in [9.17, 15) is 9.59 Å². The monoisotopic (exact) mass is 317 g/mol. The van der Waals surface area contributed by atoms with Crippen LogP contribution in [0.5, 0.6) is 5.75 Å². The summed E-state index contributed by atoms with van der Waals surface area (Å²) in [7, 11) is 0. The molecule has 0 radical (unpaired) electrons. The molecule has 0 unspecified atom stereocenters. The van der Waals surface area contributed by atoms with Crippen LogP contribution in [0.4, 0.5) is 0 Å². The van der Waals surface area contributed by atoms with Crippen molar-refractivity contribution in [1.29, 1.82) is 0 Å². The molecule has 0 saturated carbocycles. The van der Waals surface area contributed by atoms with Crippen molar-refractivity contribution in [1.82, 2.24) is 10.4 Å². The molecule has 0 bridgehead atoms. The highest BCUT2D eigenvalue weighted by molar-refractivity contribution is 6.30. The van der Waals surface area contributed by atoms with E-state index in [1.807, 2.05) is 0 Å². The number of hydrogen-bond donors (Lipinski definition) is 1. The average Bonchev–Trinajstić information content (AvgIpc) is 2.50. The Labute approximate surface area is 131 Å². The van der Waals surface area contributed by atoms with Crippen molar-refractivity contribution >= 4 is 29.7 Å². The molecule has 2 aromatic rings. The molecule has 22 heavy (non-hydrogen) atoms. The van der Waals surface area contributed by atoms with Crippen LogP contribution in [-0.2, 0) is 4.79 Å². The maximum Gasteiger partial charge on any atom is 0.308 e. The third-order valence-corrected chi connectivity index (χ3v) is 2.73. The first-order valence-corrected chi connectivity index (χ1v) is 6.66. The van der Waals surface area contributed by atoms with Crippen molar-refractivity contribution in [3.8, 4) is 5.75 Å². The number of pyridine rings is 1. The number of hydrazone groups is 1. The van der Waals surface area contributed by atoms with Crippen molar-refractivity contribution < 1.29 is 14.3 Å². The van der Waals surface area contributed by atoms with Gasteiger partial charge in [0.15, 0.2) is 0 Å². The molecule has 0 aliphatic rings. The zero-order chi connectivity index (χ0) is 15.9. The lowest BCUT2D eigenvalue weighted by Gasteiger charge is -2.05. The van der Waals surface area contributed by atoms with Gasteiger partial charge in [-0.15, -0.1) is 0 Å². The quantitative estimate of drug-likeness (QED) is 0.406. The number of carbonyl (C=O) groups is 2. The molecular weight excluding hydrogens is 306 g/mol. The van der Waals surface area contributed by atoms with Crippen molar-refractivity contribution in [2.24, 2.45) is 5.10 Å². The van der Waals surface area contributed by atoms with Gasteiger partial charge in [0.25, 0.3) is 5.91 Å². The topological polar surface area (TPSA) is 80.6 Å². The molecule has 1 amide bonds. The van der Waals surface area contributed by atoms with Gasteiger partial charge >= 0.3 is 5.97 Å². The first kappa shape index (κ1) is 15.7. The Kier molecular flexibility index (Phi) is 5.21. The molecule has 0 aliphatic carbocycles. The van der Waals surface area contributed by atoms with Crippen LogP contribution in [-0.4, -0.2) is 23.1 Å². The van der Waals surface area contributed by atoms with E-state index >= 15 is 0 Å². The fourth-order valence-corrected chi connectivity index (χ4v) is 1.76. The molecule has 0 spiro atoms. The normalized spacial score (nSPS) is 10.5. The van der Waals surface area contributed by atoms with Crippen molar-refractivity contribution in [3.63, 3.8) is 0 Å². The smallest absolute Gasteiger partial charge is 0.308 e. The maximum atomic E-state index is 11.8. The zero-order valence-electron chi connectivity index (χ0n) is 11.6. The number of amides is 1. The number of nitrogens with zero attached hydrogens (tertiary/aromatic N) is 2. The van der Waals surface area contributed by atoms with Crippen LogP contribution < -0.4 is 10.2 Å². The average molecular weight is 318 g/mol. The van der Waals surface area contributed by atoms with Gasteiger partial charge in [-0.2, -0.15) is 5.10 Å². The van der Waals surface area contributed by atoms with Gasteiger partial charge in [0, 0.05) is 23.7 Å². The molecular formula is C15H12ClN3O3. The molecule has 1 aromatic carbocycles. The third-order valence-electron chi connectivity index (χ3n) is 2.49. The molecule has 0 fully saturated rings. The van der Waals surface area contributed by atoms with Gasteiger partial charge in [-0.25, -0.2) is 5.43 Å². The van der Waals surface area contributed by atoms with E-state index in [0.717, 1.165) is 0 Å². The Bertz CT molecular complexity index is 717. The van der Waals surface area contributed by atoms with Gasteiger partial charge in [-0.1, -0.05) is 17.7 Å². The van der Waals surface area contributed by atoms with Gasteiger partial charge in [0.2, 0.25) is 0 Å². The van der Waals surface area contributed by atoms with E-state index in [1.54, 1.807) is 36.4 Å². The minimum atomic E-state index is -0.463. The van der Waals surface area contributed by atoms with Crippen LogP contribution in [0.1, 0.15) is 23.0 Å². The maximum absolute atomic E-state index is 11.8. The minimum Gasteiger partial charge on any atom is -0.426 e. The first-order valence-electron chi connectivity index (χ1n) is 6.28. The number of nitrogens with one attached hydrogen (secondary N) is 1. The summed E-state index contributed by atoms with van der Waals surface area (Å²) < 4.78 is 5.03. The van der Waals surface area contributed by atoms with Gasteiger partial charge in [-0.3, -0.25) is 14.6 Å². The van der Waals surface area contributed by atoms with E-state index in [2.05, 4.69) is 15.5 Å². The highest BCUT2D eigenvalue weighted by Gasteiger charge is 2.07. The van der Waals surface area contributed by atoms with Crippen molar-refractivity contribution in [2.75, 3.05) is 0 Å². The molecule has 0 saturated heterocycles. The molecule has 6 nitrogen and oxygen atoms in total. The Morgan fingerprint density at radius 2 is 2.14 bits per heavy atom. The van der Waals surface area contributed by atoms with Gasteiger partial charge < -0.3 is 4.74 Å². The SMILES string of the molecule is CC(=O)Oc1ccc(Cl)cc1C=NNC(=O)c1ccccn1. The molecule has 2 rings (SSSR count). The van der Waals surface area contributed by atoms with Crippen LogP contribution in [0, 0.1) is 0 Å². The predicted molar refractivity (Wildman–Crippen MR) is 82.1 cm³/mol. The van der Waals surface area contributed by atoms with Crippen molar-refractivity contribution in [3.05, 3.63) is 58.9 Å². The number of ether oxygens (including phenoxy) is 1. The van der Waals surface area contributed by atoms with Crippen molar-refractivity contribution in [2.45, 2.75) is 6.92 Å². The van der Waals surface area contributed by atoms with E-state index in [1.165, 1.54) is 19.3 Å². The summed E-state index contributed by atoms with van der Waals surface area (Å²) in [5, 5.41) is 4.26. The molecule has 0 atom stereocenters. The number of hydrogen-bond acceptors (Lipinski definition) is 5. The van der Waals surface area contributed by atoms with E-state index in [0.29, 0.717) is 16.3 Å². The van der Waals surface area contributed by atoms with E-state index < -0.39 is 11.9 Å². The second kappa shape index (κ2) is 7.33. The summed E-state index contributed by atoms with van der Waals surface area (Å²) in [6, 6.07) is 9.67. The lowest BCUT2D eigenvalue weighted by molar-refractivity contribution is -0.131. The van der Waals surface area contributed by atoms with E-state index in [-0.39, 0.29) is 5.69 Å². The minimum absolute atomic E-state index is 0.242. The van der Waals surface area contributed by atoms with Crippen LogP contribution in [0.2, 0.25) is 5.02 Å². The number of aromatic nitrogens is 1. The number of benzene rings is 1. The van der Waals surface area contributed by atoms with Gasteiger partial charge in [-0.05, 0) is 30.3 Å². The highest BCUT2D eigenvalue weighted by atomic mass is 35.5. The number of esters is 1. The zero-order valence-corrected chi connectivity index (χ0v) is 12.4. The second-order valence-corrected chi connectivity index (χ2v) is 4.63. The highest BCUT2D eigenvalue weighted by Crippen LogP contribution is 2.21. The van der Waals surface area contributed by atoms with Crippen LogP contribution in [0.25, 0.3) is 0 Å². The molecule has 112 valence electrons. The Hall–Kier alpha value is -2.73. The molecule has 1 heterocycles. The van der Waals surface area contributed by atoms with Crippen LogP contribution >= 0.6 is 11.6 Å². The molecule has 1 N–H and O–H groups in total. The Morgan fingerprint density at radius 1 is 1.32 bits per heavy atom. The predicted octanol–water partition coefficient (Wildman–Crippen LogP) is 2.42. The fourth-order valence-electron chi connectivity index (χ4n) is 1.58. The summed E-state index contributed by atoms with van der Waals surface area (Å²) in [6.07, 6.45) is 2.85. The second-order valence-electron chi connectivity index (χ2n) is 4.19. The van der Waals surface area contributed by atoms with Crippen LogP contribution in [0.15, 0.2) is 47.7 Å². The molecule has 1 aromatic heterocycles. The van der Waals surface area contributed by atoms with Crippen LogP contribution in [0.3, 0.4) is 0 Å². The number of halogens is 1. The summed E-state index contributed by atoms with van der Waals surface area (Å²) in [5.74, 6) is -0.616. The Balaban J connectivity index is 2.11. The summed E-state index contributed by atoms with van der Waals surface area (Å²) in [4.78, 5) is 26.7. The summed E-state index contributed by atoms with van der Waals surface area (Å²) >= 11 is 5.89. The van der Waals surface area contributed by atoms with Gasteiger partial charge in [0.1, 0.15) is 11.4 Å². The largest absolute Gasteiger partial charge is 0.426 e. The number of rotatable bonds is 4. The third kappa shape index (κ3) is 4.39.